The predicted octanol–water partition coefficient (Wildman–Crippen LogP) is 0.326. The van der Waals surface area contributed by atoms with Gasteiger partial charge in [0.05, 0.1) is 17.4 Å². The molecule has 2 rings (SSSR count). The van der Waals surface area contributed by atoms with Crippen molar-refractivity contribution in [3.05, 3.63) is 23.0 Å². The lowest BCUT2D eigenvalue weighted by molar-refractivity contribution is -0.124. The summed E-state index contributed by atoms with van der Waals surface area (Å²) in [4.78, 5) is 27.3. The van der Waals surface area contributed by atoms with Crippen molar-refractivity contribution in [3.63, 3.8) is 0 Å². The van der Waals surface area contributed by atoms with Crippen molar-refractivity contribution >= 4 is 29.1 Å². The fourth-order valence-electron chi connectivity index (χ4n) is 1.78. The van der Waals surface area contributed by atoms with E-state index in [1.165, 1.54) is 12.3 Å². The van der Waals surface area contributed by atoms with Gasteiger partial charge in [-0.05, 0) is 18.9 Å². The number of hydrogen-bond acceptors (Lipinski definition) is 4. The highest BCUT2D eigenvalue weighted by Crippen LogP contribution is 2.15. The quantitative estimate of drug-likeness (QED) is 0.673. The van der Waals surface area contributed by atoms with Gasteiger partial charge in [-0.3, -0.25) is 9.59 Å². The van der Waals surface area contributed by atoms with Gasteiger partial charge in [0.15, 0.2) is 0 Å². The van der Waals surface area contributed by atoms with Crippen LogP contribution >= 0.6 is 11.6 Å². The second-order valence-electron chi connectivity index (χ2n) is 4.05. The average Bonchev–Trinajstić information content (AvgIpc) is 2.35. The molecule has 0 saturated carbocycles. The number of anilines is 1. The van der Waals surface area contributed by atoms with Crippen LogP contribution in [0, 0.1) is 0 Å². The molecule has 2 amide bonds. The number of nitrogens with zero attached hydrogens (tertiary/aromatic N) is 1. The van der Waals surface area contributed by atoms with Gasteiger partial charge in [-0.15, -0.1) is 0 Å². The molecule has 1 saturated heterocycles. The molecule has 6 nitrogen and oxygen atoms in total. The van der Waals surface area contributed by atoms with Crippen LogP contribution in [0.4, 0.5) is 5.69 Å². The summed E-state index contributed by atoms with van der Waals surface area (Å²) in [6.45, 7) is 0.647. The van der Waals surface area contributed by atoms with Crippen molar-refractivity contribution in [2.24, 2.45) is 0 Å². The molecule has 2 heterocycles. The number of amides is 2. The fourth-order valence-corrected chi connectivity index (χ4v) is 1.94. The number of piperidine rings is 1. The minimum Gasteiger partial charge on any atom is -0.397 e. The first-order valence-electron chi connectivity index (χ1n) is 5.57. The SMILES string of the molecule is Nc1cnc(Cl)cc1C(=O)NC1CCCNC1=O. The zero-order chi connectivity index (χ0) is 13.1. The van der Waals surface area contributed by atoms with Gasteiger partial charge in [0.1, 0.15) is 11.2 Å². The van der Waals surface area contributed by atoms with Crippen LogP contribution in [0.1, 0.15) is 23.2 Å². The van der Waals surface area contributed by atoms with Gasteiger partial charge in [0.25, 0.3) is 5.91 Å². The van der Waals surface area contributed by atoms with Crippen molar-refractivity contribution in [2.45, 2.75) is 18.9 Å². The number of nitrogens with two attached hydrogens (primary N) is 1. The van der Waals surface area contributed by atoms with Gasteiger partial charge >= 0.3 is 0 Å². The monoisotopic (exact) mass is 268 g/mol. The molecule has 0 spiro atoms. The molecule has 0 aliphatic carbocycles. The average molecular weight is 269 g/mol. The molecule has 1 atom stereocenters. The van der Waals surface area contributed by atoms with Crippen LogP contribution < -0.4 is 16.4 Å². The maximum atomic E-state index is 12.0. The lowest BCUT2D eigenvalue weighted by Gasteiger charge is -2.22. The molecule has 0 aromatic carbocycles. The van der Waals surface area contributed by atoms with E-state index in [2.05, 4.69) is 15.6 Å². The minimum absolute atomic E-state index is 0.173. The molecule has 7 heteroatoms. The third kappa shape index (κ3) is 2.70. The molecule has 1 aromatic heterocycles. The number of halogens is 1. The van der Waals surface area contributed by atoms with E-state index in [0.717, 1.165) is 6.42 Å². The van der Waals surface area contributed by atoms with Gasteiger partial charge in [0, 0.05) is 6.54 Å². The van der Waals surface area contributed by atoms with Crippen LogP contribution in [0.15, 0.2) is 12.3 Å². The number of rotatable bonds is 2. The third-order valence-corrected chi connectivity index (χ3v) is 2.94. The maximum absolute atomic E-state index is 12.0. The lowest BCUT2D eigenvalue weighted by atomic mass is 10.1. The molecule has 1 unspecified atom stereocenters. The van der Waals surface area contributed by atoms with Gasteiger partial charge in [-0.25, -0.2) is 4.98 Å². The van der Waals surface area contributed by atoms with Gasteiger partial charge in [0.2, 0.25) is 5.91 Å². The van der Waals surface area contributed by atoms with Crippen molar-refractivity contribution in [1.82, 2.24) is 15.6 Å². The minimum atomic E-state index is -0.516. The van der Waals surface area contributed by atoms with Gasteiger partial charge in [-0.1, -0.05) is 11.6 Å². The molecular weight excluding hydrogens is 256 g/mol. The Labute approximate surface area is 109 Å². The summed E-state index contributed by atoms with van der Waals surface area (Å²) >= 11 is 5.71. The number of pyridine rings is 1. The summed E-state index contributed by atoms with van der Waals surface area (Å²) in [6, 6.07) is 0.866. The van der Waals surface area contributed by atoms with Gasteiger partial charge in [-0.2, -0.15) is 0 Å². The molecule has 0 radical (unpaired) electrons. The standard InChI is InChI=1S/C11H13ClN4O2/c12-9-4-6(7(13)5-15-9)10(17)16-8-2-1-3-14-11(8)18/h4-5,8H,1-3,13H2,(H,14,18)(H,16,17). The molecule has 4 N–H and O–H groups in total. The predicted molar refractivity (Wildman–Crippen MR) is 67.2 cm³/mol. The zero-order valence-corrected chi connectivity index (χ0v) is 10.3. The van der Waals surface area contributed by atoms with Crippen molar-refractivity contribution in [3.8, 4) is 0 Å². The summed E-state index contributed by atoms with van der Waals surface area (Å²) in [5.74, 6) is -0.591. The first-order chi connectivity index (χ1) is 8.58. The second kappa shape index (κ2) is 5.22. The molecule has 1 fully saturated rings. The number of aromatic nitrogens is 1. The van der Waals surface area contributed by atoms with Crippen LogP contribution in [0.5, 0.6) is 0 Å². The van der Waals surface area contributed by atoms with Crippen molar-refractivity contribution in [1.29, 1.82) is 0 Å². The summed E-state index contributed by atoms with van der Waals surface area (Å²) < 4.78 is 0. The van der Waals surface area contributed by atoms with E-state index in [0.29, 0.717) is 13.0 Å². The Morgan fingerprint density at radius 2 is 2.39 bits per heavy atom. The van der Waals surface area contributed by atoms with E-state index >= 15 is 0 Å². The Morgan fingerprint density at radius 3 is 3.11 bits per heavy atom. The fraction of sp³-hybridized carbons (Fsp3) is 0.364. The Balaban J connectivity index is 2.11. The van der Waals surface area contributed by atoms with Crippen LogP contribution in [-0.4, -0.2) is 29.4 Å². The number of nitrogens with one attached hydrogen (secondary N) is 2. The lowest BCUT2D eigenvalue weighted by Crippen LogP contribution is -2.50. The van der Waals surface area contributed by atoms with E-state index in [9.17, 15) is 9.59 Å². The Hall–Kier alpha value is -1.82. The molecule has 1 aromatic rings. The van der Waals surface area contributed by atoms with Gasteiger partial charge < -0.3 is 16.4 Å². The zero-order valence-electron chi connectivity index (χ0n) is 9.57. The summed E-state index contributed by atoms with van der Waals surface area (Å²) in [6.07, 6.45) is 2.78. The van der Waals surface area contributed by atoms with Crippen LogP contribution in [0.2, 0.25) is 5.15 Å². The van der Waals surface area contributed by atoms with Crippen molar-refractivity contribution < 1.29 is 9.59 Å². The highest BCUT2D eigenvalue weighted by atomic mass is 35.5. The molecular formula is C11H13ClN4O2. The van der Waals surface area contributed by atoms with E-state index < -0.39 is 11.9 Å². The maximum Gasteiger partial charge on any atom is 0.254 e. The highest BCUT2D eigenvalue weighted by molar-refractivity contribution is 6.29. The second-order valence-corrected chi connectivity index (χ2v) is 4.44. The summed E-state index contributed by atoms with van der Waals surface area (Å²) in [7, 11) is 0. The molecule has 1 aliphatic rings. The molecule has 18 heavy (non-hydrogen) atoms. The number of hydrogen-bond donors (Lipinski definition) is 3. The number of nitrogen functional groups attached to an aromatic ring is 1. The molecule has 96 valence electrons. The smallest absolute Gasteiger partial charge is 0.254 e. The molecule has 0 bridgehead atoms. The number of carbonyl (C=O) groups excluding carboxylic acids is 2. The van der Waals surface area contributed by atoms with E-state index in [-0.39, 0.29) is 22.3 Å². The summed E-state index contributed by atoms with van der Waals surface area (Å²) in [5.41, 5.74) is 6.11. The van der Waals surface area contributed by atoms with Crippen molar-refractivity contribution in [2.75, 3.05) is 12.3 Å². The highest BCUT2D eigenvalue weighted by Gasteiger charge is 2.24. The Kier molecular flexibility index (Phi) is 3.66. The van der Waals surface area contributed by atoms with E-state index in [4.69, 9.17) is 17.3 Å². The third-order valence-electron chi connectivity index (χ3n) is 2.74. The first-order valence-corrected chi connectivity index (χ1v) is 5.95. The van der Waals surface area contributed by atoms with Crippen LogP contribution in [0.3, 0.4) is 0 Å². The summed E-state index contributed by atoms with van der Waals surface area (Å²) in [5, 5.41) is 5.51. The topological polar surface area (TPSA) is 97.1 Å². The largest absolute Gasteiger partial charge is 0.397 e. The molecule has 1 aliphatic heterocycles. The normalized spacial score (nSPS) is 19.2. The van der Waals surface area contributed by atoms with Crippen LogP contribution in [0.25, 0.3) is 0 Å². The van der Waals surface area contributed by atoms with E-state index in [1.54, 1.807) is 0 Å². The Bertz CT molecular complexity index is 492. The van der Waals surface area contributed by atoms with E-state index in [1.807, 2.05) is 0 Å². The first kappa shape index (κ1) is 12.6. The van der Waals surface area contributed by atoms with Crippen LogP contribution in [-0.2, 0) is 4.79 Å². The Morgan fingerprint density at radius 1 is 1.61 bits per heavy atom. The number of carbonyl (C=O) groups is 2.